The molecule has 2 aromatic heterocycles. The average molecular weight is 461 g/mol. The molecule has 0 unspecified atom stereocenters. The van der Waals surface area contributed by atoms with E-state index >= 15 is 0 Å². The lowest BCUT2D eigenvalue weighted by molar-refractivity contribution is -0.131. The molecule has 1 aromatic carbocycles. The first-order valence-electron chi connectivity index (χ1n) is 9.66. The van der Waals surface area contributed by atoms with Crippen molar-refractivity contribution in [3.05, 3.63) is 62.8 Å². The highest BCUT2D eigenvalue weighted by Gasteiger charge is 2.21. The third kappa shape index (κ3) is 5.19. The molecule has 0 atom stereocenters. The predicted molar refractivity (Wildman–Crippen MR) is 123 cm³/mol. The number of amides is 2. The minimum absolute atomic E-state index is 0.137. The first kappa shape index (κ1) is 20.8. The molecule has 0 bridgehead atoms. The Kier molecular flexibility index (Phi) is 6.66. The third-order valence-electron chi connectivity index (χ3n) is 4.92. The second-order valence-corrected chi connectivity index (χ2v) is 9.17. The van der Waals surface area contributed by atoms with E-state index in [1.165, 1.54) is 22.7 Å². The Morgan fingerprint density at radius 1 is 1.10 bits per heavy atom. The number of aryl methyl sites for hydroxylation is 1. The summed E-state index contributed by atoms with van der Waals surface area (Å²) in [4.78, 5) is 33.9. The monoisotopic (exact) mass is 460 g/mol. The van der Waals surface area contributed by atoms with E-state index in [-0.39, 0.29) is 11.8 Å². The zero-order chi connectivity index (χ0) is 20.9. The van der Waals surface area contributed by atoms with Gasteiger partial charge in [-0.1, -0.05) is 23.7 Å². The van der Waals surface area contributed by atoms with Crippen molar-refractivity contribution in [2.45, 2.75) is 12.8 Å². The molecule has 0 saturated carbocycles. The van der Waals surface area contributed by atoms with Crippen LogP contribution in [-0.4, -0.2) is 47.9 Å². The molecule has 2 amide bonds. The molecule has 1 fully saturated rings. The van der Waals surface area contributed by atoms with Crippen LogP contribution in [0.1, 0.15) is 21.8 Å². The number of thiazole rings is 1. The number of piperazine rings is 1. The molecular formula is C21H21ClN4O2S2. The summed E-state index contributed by atoms with van der Waals surface area (Å²) in [5, 5.41) is 7.85. The number of nitrogens with zero attached hydrogens (tertiary/aromatic N) is 3. The van der Waals surface area contributed by atoms with Gasteiger partial charge in [0.2, 0.25) is 5.91 Å². The Balaban J connectivity index is 1.23. The Morgan fingerprint density at radius 2 is 1.93 bits per heavy atom. The zero-order valence-corrected chi connectivity index (χ0v) is 18.6. The van der Waals surface area contributed by atoms with E-state index < -0.39 is 0 Å². The summed E-state index contributed by atoms with van der Waals surface area (Å²) in [6, 6.07) is 11.4. The minimum Gasteiger partial charge on any atom is -0.368 e. The van der Waals surface area contributed by atoms with Gasteiger partial charge in [0.15, 0.2) is 5.13 Å². The van der Waals surface area contributed by atoms with Gasteiger partial charge in [-0.3, -0.25) is 14.9 Å². The highest BCUT2D eigenvalue weighted by atomic mass is 35.5. The smallest absolute Gasteiger partial charge is 0.267 e. The van der Waals surface area contributed by atoms with E-state index in [2.05, 4.69) is 15.2 Å². The van der Waals surface area contributed by atoms with Gasteiger partial charge in [0.25, 0.3) is 5.91 Å². The van der Waals surface area contributed by atoms with Crippen LogP contribution in [0.4, 0.5) is 10.8 Å². The number of rotatable bonds is 6. The molecule has 6 nitrogen and oxygen atoms in total. The number of anilines is 2. The van der Waals surface area contributed by atoms with E-state index in [9.17, 15) is 9.59 Å². The Morgan fingerprint density at radius 3 is 2.67 bits per heavy atom. The highest BCUT2D eigenvalue weighted by molar-refractivity contribution is 7.14. The van der Waals surface area contributed by atoms with E-state index in [0.717, 1.165) is 29.5 Å². The maximum Gasteiger partial charge on any atom is 0.267 e. The molecule has 0 spiro atoms. The normalized spacial score (nSPS) is 14.0. The predicted octanol–water partition coefficient (Wildman–Crippen LogP) is 4.39. The fraction of sp³-hybridized carbons (Fsp3) is 0.286. The molecule has 1 saturated heterocycles. The van der Waals surface area contributed by atoms with Crippen molar-refractivity contribution in [2.75, 3.05) is 36.4 Å². The molecule has 3 heterocycles. The topological polar surface area (TPSA) is 65.5 Å². The summed E-state index contributed by atoms with van der Waals surface area (Å²) >= 11 is 8.85. The van der Waals surface area contributed by atoms with Gasteiger partial charge in [0.1, 0.15) is 0 Å². The van der Waals surface area contributed by atoms with Gasteiger partial charge >= 0.3 is 0 Å². The molecule has 0 radical (unpaired) electrons. The summed E-state index contributed by atoms with van der Waals surface area (Å²) in [5.74, 6) is -0.0162. The van der Waals surface area contributed by atoms with Gasteiger partial charge in [0.05, 0.1) is 10.6 Å². The molecule has 9 heteroatoms. The van der Waals surface area contributed by atoms with Crippen molar-refractivity contribution in [3.63, 3.8) is 0 Å². The van der Waals surface area contributed by atoms with Crippen LogP contribution in [0, 0.1) is 0 Å². The van der Waals surface area contributed by atoms with Crippen LogP contribution in [0.5, 0.6) is 0 Å². The first-order chi connectivity index (χ1) is 14.6. The molecule has 0 aliphatic carbocycles. The number of hydrogen-bond donors (Lipinski definition) is 1. The summed E-state index contributed by atoms with van der Waals surface area (Å²) < 4.78 is 0. The quantitative estimate of drug-likeness (QED) is 0.592. The number of halogens is 1. The van der Waals surface area contributed by atoms with Crippen LogP contribution < -0.4 is 10.2 Å². The number of aromatic nitrogens is 1. The lowest BCUT2D eigenvalue weighted by Crippen LogP contribution is -2.48. The van der Waals surface area contributed by atoms with E-state index in [4.69, 9.17) is 11.6 Å². The van der Waals surface area contributed by atoms with Gasteiger partial charge in [-0.2, -0.15) is 0 Å². The summed E-state index contributed by atoms with van der Waals surface area (Å²) in [6.07, 6.45) is 0.984. The molecule has 1 aliphatic rings. The first-order valence-corrected chi connectivity index (χ1v) is 11.8. The molecule has 1 N–H and O–H groups in total. The number of benzene rings is 1. The number of hydrogen-bond acceptors (Lipinski definition) is 6. The van der Waals surface area contributed by atoms with Crippen LogP contribution in [0.25, 0.3) is 0 Å². The van der Waals surface area contributed by atoms with E-state index in [0.29, 0.717) is 35.9 Å². The van der Waals surface area contributed by atoms with Crippen molar-refractivity contribution >= 4 is 56.9 Å². The van der Waals surface area contributed by atoms with Gasteiger partial charge in [-0.25, -0.2) is 4.98 Å². The molecular weight excluding hydrogens is 440 g/mol. The van der Waals surface area contributed by atoms with Crippen molar-refractivity contribution in [1.29, 1.82) is 0 Å². The Labute approximate surface area is 188 Å². The fourth-order valence-electron chi connectivity index (χ4n) is 3.33. The Hall–Kier alpha value is -2.42. The Bertz CT molecular complexity index is 1010. The maximum absolute atomic E-state index is 12.6. The van der Waals surface area contributed by atoms with Crippen molar-refractivity contribution in [2.24, 2.45) is 0 Å². The van der Waals surface area contributed by atoms with Gasteiger partial charge in [0, 0.05) is 48.7 Å². The van der Waals surface area contributed by atoms with Crippen molar-refractivity contribution < 1.29 is 9.59 Å². The minimum atomic E-state index is -0.153. The fourth-order valence-corrected chi connectivity index (χ4v) is 4.87. The number of nitrogens with one attached hydrogen (secondary N) is 1. The van der Waals surface area contributed by atoms with Crippen molar-refractivity contribution in [1.82, 2.24) is 9.88 Å². The van der Waals surface area contributed by atoms with E-state index in [1.807, 2.05) is 46.0 Å². The van der Waals surface area contributed by atoms with Crippen molar-refractivity contribution in [3.8, 4) is 0 Å². The standard InChI is InChI=1S/C21H21ClN4O2S2/c22-15-3-1-4-17(13-15)25-8-10-26(11-9-25)19(27)7-6-16-14-30-21(23-16)24-20(28)18-5-2-12-29-18/h1-5,12-14H,6-11H2,(H,23,24,28). The van der Waals surface area contributed by atoms with Gasteiger partial charge in [-0.15, -0.1) is 22.7 Å². The largest absolute Gasteiger partial charge is 0.368 e. The maximum atomic E-state index is 12.6. The summed E-state index contributed by atoms with van der Waals surface area (Å²) in [5.41, 5.74) is 1.92. The van der Waals surface area contributed by atoms with Crippen LogP contribution in [0.15, 0.2) is 47.2 Å². The molecule has 4 rings (SSSR count). The lowest BCUT2D eigenvalue weighted by atomic mass is 10.2. The average Bonchev–Trinajstić information content (AvgIpc) is 3.44. The lowest BCUT2D eigenvalue weighted by Gasteiger charge is -2.36. The molecule has 30 heavy (non-hydrogen) atoms. The second-order valence-electron chi connectivity index (χ2n) is 6.92. The summed E-state index contributed by atoms with van der Waals surface area (Å²) in [7, 11) is 0. The third-order valence-corrected chi connectivity index (χ3v) is 6.83. The molecule has 1 aliphatic heterocycles. The van der Waals surface area contributed by atoms with Crippen LogP contribution >= 0.6 is 34.3 Å². The number of thiophene rings is 1. The van der Waals surface area contributed by atoms with Crippen LogP contribution in [0.2, 0.25) is 5.02 Å². The summed E-state index contributed by atoms with van der Waals surface area (Å²) in [6.45, 7) is 2.98. The van der Waals surface area contributed by atoms with Crippen LogP contribution in [-0.2, 0) is 11.2 Å². The molecule has 3 aromatic rings. The molecule has 156 valence electrons. The number of carbonyl (C=O) groups is 2. The van der Waals surface area contributed by atoms with Crippen LogP contribution in [0.3, 0.4) is 0 Å². The SMILES string of the molecule is O=C(Nc1nc(CCC(=O)N2CCN(c3cccc(Cl)c3)CC2)cs1)c1cccs1. The second kappa shape index (κ2) is 9.59. The highest BCUT2D eigenvalue weighted by Crippen LogP contribution is 2.22. The zero-order valence-electron chi connectivity index (χ0n) is 16.2. The van der Waals surface area contributed by atoms with Gasteiger partial charge < -0.3 is 9.80 Å². The van der Waals surface area contributed by atoms with Gasteiger partial charge in [-0.05, 0) is 36.1 Å². The number of carbonyl (C=O) groups excluding carboxylic acids is 2. The van der Waals surface area contributed by atoms with E-state index in [1.54, 1.807) is 6.07 Å².